The molecule has 0 spiro atoms. The highest BCUT2D eigenvalue weighted by molar-refractivity contribution is 5.26. The quantitative estimate of drug-likeness (QED) is 0.616. The van der Waals surface area contributed by atoms with Gasteiger partial charge in [-0.25, -0.2) is 4.39 Å². The Hall–Kier alpha value is -2.50. The summed E-state index contributed by atoms with van der Waals surface area (Å²) in [5.41, 5.74) is 0.0217. The summed E-state index contributed by atoms with van der Waals surface area (Å²) in [5.74, 6) is -0.411. The average Bonchev–Trinajstić information content (AvgIpc) is 2.31. The highest BCUT2D eigenvalue weighted by atomic mass is 19.1. The standard InChI is InChI=1S/C12H9FN2O3/c13-10-3-1-2-9(6-10)7-14-8-11(15(17)18)4-5-12(14)16/h1-6,8H,7H2. The zero-order valence-corrected chi connectivity index (χ0v) is 9.25. The molecule has 0 saturated heterocycles. The SMILES string of the molecule is O=c1ccc([N+](=O)[O-])cn1Cc1cccc(F)c1. The third kappa shape index (κ3) is 2.60. The first-order valence-electron chi connectivity index (χ1n) is 5.15. The highest BCUT2D eigenvalue weighted by Gasteiger charge is 2.08. The van der Waals surface area contributed by atoms with Crippen molar-refractivity contribution in [2.75, 3.05) is 0 Å². The summed E-state index contributed by atoms with van der Waals surface area (Å²) in [7, 11) is 0. The van der Waals surface area contributed by atoms with E-state index < -0.39 is 10.7 Å². The lowest BCUT2D eigenvalue weighted by Gasteiger charge is -2.05. The molecule has 1 heterocycles. The largest absolute Gasteiger partial charge is 0.304 e. The van der Waals surface area contributed by atoms with E-state index in [4.69, 9.17) is 0 Å². The van der Waals surface area contributed by atoms with Gasteiger partial charge in [-0.2, -0.15) is 0 Å². The number of nitro groups is 1. The number of hydrogen-bond acceptors (Lipinski definition) is 3. The minimum absolute atomic E-state index is 0.0955. The van der Waals surface area contributed by atoms with Gasteiger partial charge >= 0.3 is 0 Å². The number of halogens is 1. The van der Waals surface area contributed by atoms with Crippen LogP contribution in [0.15, 0.2) is 47.4 Å². The van der Waals surface area contributed by atoms with Crippen molar-refractivity contribution < 1.29 is 9.31 Å². The summed E-state index contributed by atoms with van der Waals surface area (Å²) in [5, 5.41) is 10.6. The third-order valence-electron chi connectivity index (χ3n) is 2.42. The Kier molecular flexibility index (Phi) is 3.18. The molecule has 0 N–H and O–H groups in total. The van der Waals surface area contributed by atoms with Crippen molar-refractivity contribution in [3.8, 4) is 0 Å². The molecule has 1 aromatic heterocycles. The average molecular weight is 248 g/mol. The van der Waals surface area contributed by atoms with Crippen LogP contribution in [0.4, 0.5) is 10.1 Å². The zero-order valence-electron chi connectivity index (χ0n) is 9.25. The van der Waals surface area contributed by atoms with Gasteiger partial charge in [-0.1, -0.05) is 12.1 Å². The van der Waals surface area contributed by atoms with E-state index in [0.717, 1.165) is 18.3 Å². The Balaban J connectivity index is 2.37. The van der Waals surface area contributed by atoms with Crippen LogP contribution in [0.1, 0.15) is 5.56 Å². The molecule has 6 heteroatoms. The molecular formula is C12H9FN2O3. The predicted octanol–water partition coefficient (Wildman–Crippen LogP) is 1.94. The Morgan fingerprint density at radius 3 is 2.72 bits per heavy atom. The molecule has 0 bridgehead atoms. The molecule has 0 amide bonds. The van der Waals surface area contributed by atoms with E-state index in [0.29, 0.717) is 5.56 Å². The summed E-state index contributed by atoms with van der Waals surface area (Å²) in [4.78, 5) is 21.5. The van der Waals surface area contributed by atoms with E-state index in [2.05, 4.69) is 0 Å². The van der Waals surface area contributed by atoms with E-state index in [1.807, 2.05) is 0 Å². The van der Waals surface area contributed by atoms with Crippen LogP contribution in [-0.2, 0) is 6.54 Å². The minimum Gasteiger partial charge on any atom is -0.304 e. The second kappa shape index (κ2) is 4.79. The van der Waals surface area contributed by atoms with Crippen molar-refractivity contribution >= 4 is 5.69 Å². The molecule has 0 atom stereocenters. The molecule has 0 aliphatic heterocycles. The first-order chi connectivity index (χ1) is 8.56. The van der Waals surface area contributed by atoms with Crippen LogP contribution in [0.2, 0.25) is 0 Å². The molecule has 0 saturated carbocycles. The van der Waals surface area contributed by atoms with Crippen molar-refractivity contribution in [2.45, 2.75) is 6.54 Å². The van der Waals surface area contributed by atoms with Crippen molar-refractivity contribution in [3.63, 3.8) is 0 Å². The molecule has 2 aromatic rings. The van der Waals surface area contributed by atoms with E-state index in [1.54, 1.807) is 6.07 Å². The lowest BCUT2D eigenvalue weighted by Crippen LogP contribution is -2.19. The van der Waals surface area contributed by atoms with Gasteiger partial charge < -0.3 is 4.57 Å². The molecule has 0 fully saturated rings. The first kappa shape index (κ1) is 12.0. The number of benzene rings is 1. The number of nitrogens with zero attached hydrogens (tertiary/aromatic N) is 2. The smallest absolute Gasteiger partial charge is 0.285 e. The molecular weight excluding hydrogens is 239 g/mol. The van der Waals surface area contributed by atoms with Gasteiger partial charge in [-0.15, -0.1) is 0 Å². The van der Waals surface area contributed by atoms with E-state index >= 15 is 0 Å². The summed E-state index contributed by atoms with van der Waals surface area (Å²) in [6.07, 6.45) is 1.15. The van der Waals surface area contributed by atoms with Gasteiger partial charge in [0.15, 0.2) is 0 Å². The summed E-state index contributed by atoms with van der Waals surface area (Å²) < 4.78 is 14.2. The monoisotopic (exact) mass is 248 g/mol. The minimum atomic E-state index is -0.582. The third-order valence-corrected chi connectivity index (χ3v) is 2.42. The van der Waals surface area contributed by atoms with Crippen molar-refractivity contribution in [1.29, 1.82) is 0 Å². The Labute approximate surface area is 101 Å². The fraction of sp³-hybridized carbons (Fsp3) is 0.0833. The summed E-state index contributed by atoms with van der Waals surface area (Å²) in [6, 6.07) is 8.01. The topological polar surface area (TPSA) is 65.1 Å². The lowest BCUT2D eigenvalue weighted by molar-refractivity contribution is -0.385. The van der Waals surface area contributed by atoms with Gasteiger partial charge in [-0.3, -0.25) is 14.9 Å². The first-order valence-corrected chi connectivity index (χ1v) is 5.15. The molecule has 1 aromatic carbocycles. The maximum absolute atomic E-state index is 13.0. The Morgan fingerprint density at radius 1 is 1.28 bits per heavy atom. The van der Waals surface area contributed by atoms with Crippen LogP contribution < -0.4 is 5.56 Å². The fourth-order valence-corrected chi connectivity index (χ4v) is 1.58. The molecule has 5 nitrogen and oxygen atoms in total. The van der Waals surface area contributed by atoms with Crippen LogP contribution in [0.5, 0.6) is 0 Å². The molecule has 0 aliphatic carbocycles. The summed E-state index contributed by atoms with van der Waals surface area (Å²) in [6.45, 7) is 0.0955. The lowest BCUT2D eigenvalue weighted by atomic mass is 10.2. The second-order valence-electron chi connectivity index (χ2n) is 3.74. The molecule has 0 unspecified atom stereocenters. The Morgan fingerprint density at radius 2 is 2.06 bits per heavy atom. The van der Waals surface area contributed by atoms with Gasteiger partial charge in [0.1, 0.15) is 5.82 Å². The summed E-state index contributed by atoms with van der Waals surface area (Å²) >= 11 is 0. The predicted molar refractivity (Wildman–Crippen MR) is 62.9 cm³/mol. The van der Waals surface area contributed by atoms with Crippen LogP contribution in [0.25, 0.3) is 0 Å². The van der Waals surface area contributed by atoms with Crippen LogP contribution in [0.3, 0.4) is 0 Å². The van der Waals surface area contributed by atoms with Gasteiger partial charge in [0, 0.05) is 12.1 Å². The van der Waals surface area contributed by atoms with Crippen molar-refractivity contribution in [3.05, 3.63) is 74.4 Å². The van der Waals surface area contributed by atoms with E-state index in [-0.39, 0.29) is 17.8 Å². The number of rotatable bonds is 3. The molecule has 0 radical (unpaired) electrons. The maximum Gasteiger partial charge on any atom is 0.285 e. The van der Waals surface area contributed by atoms with Gasteiger partial charge in [-0.05, 0) is 17.7 Å². The number of hydrogen-bond donors (Lipinski definition) is 0. The normalized spacial score (nSPS) is 10.3. The molecule has 2 rings (SSSR count). The van der Waals surface area contributed by atoms with Gasteiger partial charge in [0.2, 0.25) is 0 Å². The molecule has 92 valence electrons. The molecule has 18 heavy (non-hydrogen) atoms. The fourth-order valence-electron chi connectivity index (χ4n) is 1.58. The van der Waals surface area contributed by atoms with Crippen LogP contribution in [-0.4, -0.2) is 9.49 Å². The van der Waals surface area contributed by atoms with Crippen LogP contribution >= 0.6 is 0 Å². The van der Waals surface area contributed by atoms with Gasteiger partial charge in [0.25, 0.3) is 11.2 Å². The number of aromatic nitrogens is 1. The van der Waals surface area contributed by atoms with E-state index in [1.165, 1.54) is 22.8 Å². The van der Waals surface area contributed by atoms with Crippen molar-refractivity contribution in [2.24, 2.45) is 0 Å². The van der Waals surface area contributed by atoms with Gasteiger partial charge in [0.05, 0.1) is 17.7 Å². The van der Waals surface area contributed by atoms with Crippen LogP contribution in [0, 0.1) is 15.9 Å². The molecule has 0 aliphatic rings. The number of pyridine rings is 1. The van der Waals surface area contributed by atoms with Crippen molar-refractivity contribution in [1.82, 2.24) is 4.57 Å². The maximum atomic E-state index is 13.0. The highest BCUT2D eigenvalue weighted by Crippen LogP contribution is 2.09. The zero-order chi connectivity index (χ0) is 13.1. The Bertz CT molecular complexity index is 652. The second-order valence-corrected chi connectivity index (χ2v) is 3.74. The van der Waals surface area contributed by atoms with E-state index in [9.17, 15) is 19.3 Å².